The van der Waals surface area contributed by atoms with Crippen molar-refractivity contribution in [2.75, 3.05) is 26.7 Å². The molecule has 0 bridgehead atoms. The minimum Gasteiger partial charge on any atom is -0.493 e. The topological polar surface area (TPSA) is 41.6 Å². The number of aryl methyl sites for hydroxylation is 1. The number of ether oxygens (including phenoxy) is 1. The predicted molar refractivity (Wildman–Crippen MR) is 80.0 cm³/mol. The van der Waals surface area contributed by atoms with Crippen LogP contribution in [0.2, 0.25) is 0 Å². The normalized spacial score (nSPS) is 18.0. The molecule has 110 valence electrons. The average molecular weight is 276 g/mol. The Morgan fingerprint density at radius 1 is 1.50 bits per heavy atom. The molecule has 1 aromatic carbocycles. The van der Waals surface area contributed by atoms with Crippen LogP contribution in [0, 0.1) is 6.92 Å². The van der Waals surface area contributed by atoms with E-state index in [0.29, 0.717) is 19.1 Å². The number of rotatable bonds is 6. The van der Waals surface area contributed by atoms with Crippen LogP contribution < -0.4 is 10.1 Å². The molecule has 4 heteroatoms. The molecule has 1 unspecified atom stereocenters. The van der Waals surface area contributed by atoms with E-state index in [1.165, 1.54) is 12.0 Å². The summed E-state index contributed by atoms with van der Waals surface area (Å²) in [6, 6.07) is 8.35. The summed E-state index contributed by atoms with van der Waals surface area (Å²) in [6.07, 6.45) is 2.80. The van der Waals surface area contributed by atoms with Crippen molar-refractivity contribution in [1.29, 1.82) is 0 Å². The number of nitrogens with zero attached hydrogens (tertiary/aromatic N) is 1. The molecule has 0 saturated carbocycles. The van der Waals surface area contributed by atoms with Crippen molar-refractivity contribution < 1.29 is 9.53 Å². The molecule has 1 aliphatic heterocycles. The minimum atomic E-state index is 0.145. The van der Waals surface area contributed by atoms with Gasteiger partial charge >= 0.3 is 0 Å². The first kappa shape index (κ1) is 14.9. The van der Waals surface area contributed by atoms with E-state index in [-0.39, 0.29) is 5.91 Å². The van der Waals surface area contributed by atoms with Crippen LogP contribution in [0.1, 0.15) is 24.8 Å². The Kier molecular flexibility index (Phi) is 5.41. The lowest BCUT2D eigenvalue weighted by molar-refractivity contribution is -0.130. The van der Waals surface area contributed by atoms with E-state index < -0.39 is 0 Å². The van der Waals surface area contributed by atoms with Crippen LogP contribution in [0.25, 0.3) is 0 Å². The van der Waals surface area contributed by atoms with E-state index in [1.807, 2.05) is 43.1 Å². The molecule has 0 spiro atoms. The Hall–Kier alpha value is -1.55. The molecule has 1 N–H and O–H groups in total. The molecular formula is C16H24N2O2. The highest BCUT2D eigenvalue weighted by Gasteiger charge is 2.18. The van der Waals surface area contributed by atoms with Gasteiger partial charge < -0.3 is 15.0 Å². The van der Waals surface area contributed by atoms with Gasteiger partial charge in [-0.25, -0.2) is 0 Å². The van der Waals surface area contributed by atoms with E-state index in [9.17, 15) is 4.79 Å². The van der Waals surface area contributed by atoms with Gasteiger partial charge in [0.2, 0.25) is 5.91 Å². The lowest BCUT2D eigenvalue weighted by atomic mass is 10.2. The van der Waals surface area contributed by atoms with E-state index >= 15 is 0 Å². The molecule has 2 rings (SSSR count). The van der Waals surface area contributed by atoms with Gasteiger partial charge in [-0.3, -0.25) is 4.79 Å². The van der Waals surface area contributed by atoms with Crippen LogP contribution >= 0.6 is 0 Å². The maximum atomic E-state index is 12.0. The minimum absolute atomic E-state index is 0.145. The van der Waals surface area contributed by atoms with Crippen molar-refractivity contribution >= 4 is 5.91 Å². The van der Waals surface area contributed by atoms with E-state index in [2.05, 4.69) is 5.32 Å². The number of amides is 1. The van der Waals surface area contributed by atoms with Gasteiger partial charge in [0.25, 0.3) is 0 Å². The summed E-state index contributed by atoms with van der Waals surface area (Å²) >= 11 is 0. The fourth-order valence-corrected chi connectivity index (χ4v) is 2.50. The van der Waals surface area contributed by atoms with Crippen molar-refractivity contribution in [3.8, 4) is 5.75 Å². The number of benzene rings is 1. The van der Waals surface area contributed by atoms with Crippen molar-refractivity contribution in [3.63, 3.8) is 0 Å². The fraction of sp³-hybridized carbons (Fsp3) is 0.562. The van der Waals surface area contributed by atoms with Gasteiger partial charge in [-0.2, -0.15) is 0 Å². The molecule has 1 saturated heterocycles. The first-order valence-electron chi connectivity index (χ1n) is 7.32. The summed E-state index contributed by atoms with van der Waals surface area (Å²) in [6.45, 7) is 4.33. The molecular weight excluding hydrogens is 252 g/mol. The van der Waals surface area contributed by atoms with Crippen LogP contribution in [0.15, 0.2) is 24.3 Å². The third-order valence-corrected chi connectivity index (χ3v) is 3.66. The highest BCUT2D eigenvalue weighted by molar-refractivity contribution is 5.76. The Morgan fingerprint density at radius 3 is 3.05 bits per heavy atom. The monoisotopic (exact) mass is 276 g/mol. The Bertz CT molecular complexity index is 442. The molecule has 1 atom stereocenters. The number of carbonyl (C=O) groups excluding carboxylic acids is 1. The highest BCUT2D eigenvalue weighted by Crippen LogP contribution is 2.13. The Labute approximate surface area is 121 Å². The maximum absolute atomic E-state index is 12.0. The molecule has 1 fully saturated rings. The zero-order chi connectivity index (χ0) is 14.4. The molecule has 1 aliphatic rings. The van der Waals surface area contributed by atoms with Crippen LogP contribution in [0.5, 0.6) is 5.75 Å². The standard InChI is InChI=1S/C16H24N2O2/c1-13-5-3-7-15(11-13)20-10-8-16(19)18(2)12-14-6-4-9-17-14/h3,5,7,11,14,17H,4,6,8-10,12H2,1-2H3. The summed E-state index contributed by atoms with van der Waals surface area (Å²) in [5.74, 6) is 0.976. The average Bonchev–Trinajstić information content (AvgIpc) is 2.91. The quantitative estimate of drug-likeness (QED) is 0.864. The van der Waals surface area contributed by atoms with Crippen molar-refractivity contribution in [1.82, 2.24) is 10.2 Å². The molecule has 1 amide bonds. The second-order valence-electron chi connectivity index (χ2n) is 5.48. The number of hydrogen-bond donors (Lipinski definition) is 1. The largest absolute Gasteiger partial charge is 0.493 e. The van der Waals surface area contributed by atoms with Gasteiger partial charge in [-0.15, -0.1) is 0 Å². The summed E-state index contributed by atoms with van der Waals surface area (Å²) in [7, 11) is 1.87. The lowest BCUT2D eigenvalue weighted by Crippen LogP contribution is -2.39. The third-order valence-electron chi connectivity index (χ3n) is 3.66. The lowest BCUT2D eigenvalue weighted by Gasteiger charge is -2.21. The number of hydrogen-bond acceptors (Lipinski definition) is 3. The predicted octanol–water partition coefficient (Wildman–Crippen LogP) is 1.97. The summed E-state index contributed by atoms with van der Waals surface area (Å²) < 4.78 is 5.61. The molecule has 20 heavy (non-hydrogen) atoms. The van der Waals surface area contributed by atoms with E-state index in [0.717, 1.165) is 25.3 Å². The van der Waals surface area contributed by atoms with Crippen molar-refractivity contribution in [3.05, 3.63) is 29.8 Å². The third kappa shape index (κ3) is 4.53. The Balaban J connectivity index is 1.68. The van der Waals surface area contributed by atoms with Crippen LogP contribution in [0.3, 0.4) is 0 Å². The van der Waals surface area contributed by atoms with Gasteiger partial charge in [0, 0.05) is 19.6 Å². The smallest absolute Gasteiger partial charge is 0.225 e. The molecule has 0 aromatic heterocycles. The van der Waals surface area contributed by atoms with Gasteiger partial charge in [0.15, 0.2) is 0 Å². The van der Waals surface area contributed by atoms with Crippen molar-refractivity contribution in [2.24, 2.45) is 0 Å². The maximum Gasteiger partial charge on any atom is 0.225 e. The van der Waals surface area contributed by atoms with Gasteiger partial charge in [-0.05, 0) is 44.0 Å². The summed E-state index contributed by atoms with van der Waals surface area (Å²) in [5.41, 5.74) is 1.17. The van der Waals surface area contributed by atoms with Crippen LogP contribution in [-0.2, 0) is 4.79 Å². The molecule has 0 aliphatic carbocycles. The van der Waals surface area contributed by atoms with Gasteiger partial charge in [-0.1, -0.05) is 12.1 Å². The molecule has 1 heterocycles. The summed E-state index contributed by atoms with van der Waals surface area (Å²) in [4.78, 5) is 13.8. The second-order valence-corrected chi connectivity index (χ2v) is 5.48. The highest BCUT2D eigenvalue weighted by atomic mass is 16.5. The molecule has 1 aromatic rings. The second kappa shape index (κ2) is 7.29. The molecule has 4 nitrogen and oxygen atoms in total. The zero-order valence-corrected chi connectivity index (χ0v) is 12.4. The van der Waals surface area contributed by atoms with Gasteiger partial charge in [0.1, 0.15) is 5.75 Å². The van der Waals surface area contributed by atoms with E-state index in [1.54, 1.807) is 0 Å². The Morgan fingerprint density at radius 2 is 2.35 bits per heavy atom. The first-order valence-corrected chi connectivity index (χ1v) is 7.32. The SMILES string of the molecule is Cc1cccc(OCCC(=O)N(C)CC2CCCN2)c1. The number of carbonyl (C=O) groups is 1. The van der Waals surface area contributed by atoms with Crippen LogP contribution in [0.4, 0.5) is 0 Å². The molecule has 0 radical (unpaired) electrons. The first-order chi connectivity index (χ1) is 9.65. The summed E-state index contributed by atoms with van der Waals surface area (Å²) in [5, 5.41) is 3.41. The zero-order valence-electron chi connectivity index (χ0n) is 12.4. The number of likely N-dealkylation sites (N-methyl/N-ethyl adjacent to an activating group) is 1. The van der Waals surface area contributed by atoms with Crippen molar-refractivity contribution in [2.45, 2.75) is 32.2 Å². The van der Waals surface area contributed by atoms with Gasteiger partial charge in [0.05, 0.1) is 13.0 Å². The van der Waals surface area contributed by atoms with E-state index in [4.69, 9.17) is 4.74 Å². The number of nitrogens with one attached hydrogen (secondary N) is 1. The fourth-order valence-electron chi connectivity index (χ4n) is 2.50. The van der Waals surface area contributed by atoms with Crippen LogP contribution in [-0.4, -0.2) is 43.6 Å².